The molecule has 0 spiro atoms. The molecular weight excluding hydrogens is 744 g/mol. The van der Waals surface area contributed by atoms with Gasteiger partial charge < -0.3 is 70.0 Å². The van der Waals surface area contributed by atoms with Crippen molar-refractivity contribution in [3.05, 3.63) is 11.6 Å². The second-order valence-electron chi connectivity index (χ2n) is 20.9. The summed E-state index contributed by atoms with van der Waals surface area (Å²) in [5.74, 6) is -1.35. The zero-order valence-electron chi connectivity index (χ0n) is 34.4. The molecule has 2 heterocycles. The molecule has 7 aliphatic rings. The summed E-state index contributed by atoms with van der Waals surface area (Å²) in [5.41, 5.74) is -2.15. The molecule has 5 aliphatic carbocycles. The first-order valence-electron chi connectivity index (χ1n) is 21.0. The fourth-order valence-corrected chi connectivity index (χ4v) is 14.1. The van der Waals surface area contributed by atoms with E-state index in [9.17, 15) is 55.9 Å². The Morgan fingerprint density at radius 2 is 1.37 bits per heavy atom. The summed E-state index contributed by atoms with van der Waals surface area (Å²) in [6.45, 7) is 13.7. The Morgan fingerprint density at radius 1 is 0.754 bits per heavy atom. The molecule has 0 aromatic heterocycles. The van der Waals surface area contributed by atoms with Crippen LogP contribution < -0.4 is 0 Å². The van der Waals surface area contributed by atoms with E-state index in [-0.39, 0.29) is 34.0 Å². The maximum Gasteiger partial charge on any atom is 0.312 e. The van der Waals surface area contributed by atoms with Gasteiger partial charge in [0.15, 0.2) is 12.6 Å². The number of carbonyl (C=O) groups is 1. The molecule has 57 heavy (non-hydrogen) atoms. The standard InChI is InChI=1S/C42H68O15/c1-37(2)14-20-19-8-9-24-39(5)11-10-26(38(3,4)33(39)21(45)15-41(24,7)40(19,6)12-13-42(20,36(52)53)25(46)16-37)56-34-31(51)29(49)32(23(18-44)55-34)57-35-30(50)28(48)27(47)22(17-43)54-35/h8,20-35,43-51H,9-18H2,1-7H3,(H,52,53). The monoisotopic (exact) mass is 812 g/mol. The molecule has 326 valence electrons. The van der Waals surface area contributed by atoms with E-state index in [1.165, 1.54) is 0 Å². The molecule has 0 amide bonds. The van der Waals surface area contributed by atoms with E-state index in [0.29, 0.717) is 44.9 Å². The van der Waals surface area contributed by atoms with E-state index in [4.69, 9.17) is 18.9 Å². The number of carboxylic acid groups (broad SMARTS) is 1. The van der Waals surface area contributed by atoms with Crippen LogP contribution in [0.2, 0.25) is 0 Å². The van der Waals surface area contributed by atoms with Crippen molar-refractivity contribution in [3.63, 3.8) is 0 Å². The lowest BCUT2D eigenvalue weighted by molar-refractivity contribution is -0.369. The number of ether oxygens (including phenoxy) is 4. The van der Waals surface area contributed by atoms with Crippen molar-refractivity contribution in [2.24, 2.45) is 50.2 Å². The number of fused-ring (bicyclic) bond motifs is 7. The molecule has 0 radical (unpaired) electrons. The van der Waals surface area contributed by atoms with Gasteiger partial charge in [0.1, 0.15) is 54.2 Å². The van der Waals surface area contributed by atoms with E-state index >= 15 is 0 Å². The summed E-state index contributed by atoms with van der Waals surface area (Å²) in [6, 6.07) is 0. The molecule has 10 N–H and O–H groups in total. The number of aliphatic hydroxyl groups excluding tert-OH is 9. The highest BCUT2D eigenvalue weighted by atomic mass is 16.7. The van der Waals surface area contributed by atoms with E-state index in [0.717, 1.165) is 12.0 Å². The highest BCUT2D eigenvalue weighted by Crippen LogP contribution is 2.76. The molecule has 20 unspecified atom stereocenters. The topological polar surface area (TPSA) is 256 Å². The molecular formula is C42H68O15. The fraction of sp³-hybridized carbons (Fsp3) is 0.929. The number of rotatable bonds is 7. The Hall–Kier alpha value is -1.31. The summed E-state index contributed by atoms with van der Waals surface area (Å²) >= 11 is 0. The van der Waals surface area contributed by atoms with Gasteiger partial charge in [-0.1, -0.05) is 60.1 Å². The third kappa shape index (κ3) is 6.35. The van der Waals surface area contributed by atoms with Crippen LogP contribution in [0.25, 0.3) is 0 Å². The van der Waals surface area contributed by atoms with E-state index in [1.807, 2.05) is 13.8 Å². The lowest BCUT2D eigenvalue weighted by atomic mass is 9.33. The number of carboxylic acids is 1. The zero-order chi connectivity index (χ0) is 42.0. The minimum absolute atomic E-state index is 0.142. The highest BCUT2D eigenvalue weighted by Gasteiger charge is 2.72. The first-order valence-corrected chi connectivity index (χ1v) is 21.0. The summed E-state index contributed by atoms with van der Waals surface area (Å²) < 4.78 is 23.7. The summed E-state index contributed by atoms with van der Waals surface area (Å²) in [5, 5.41) is 108. The van der Waals surface area contributed by atoms with Gasteiger partial charge in [0.25, 0.3) is 0 Å². The van der Waals surface area contributed by atoms with Gasteiger partial charge in [-0.05, 0) is 96.2 Å². The van der Waals surface area contributed by atoms with E-state index in [2.05, 4.69) is 40.7 Å². The summed E-state index contributed by atoms with van der Waals surface area (Å²) in [6.07, 6.45) is -11.0. The molecule has 7 rings (SSSR count). The Bertz CT molecular complexity index is 1550. The zero-order valence-corrected chi connectivity index (χ0v) is 34.4. The van der Waals surface area contributed by atoms with Gasteiger partial charge in [-0.25, -0.2) is 0 Å². The van der Waals surface area contributed by atoms with Crippen LogP contribution in [0.4, 0.5) is 0 Å². The third-order valence-electron chi connectivity index (χ3n) is 17.1. The van der Waals surface area contributed by atoms with Crippen LogP contribution in [-0.4, -0.2) is 150 Å². The van der Waals surface area contributed by atoms with Gasteiger partial charge in [0, 0.05) is 0 Å². The molecule has 15 heteroatoms. The highest BCUT2D eigenvalue weighted by molar-refractivity contribution is 5.77. The van der Waals surface area contributed by atoms with Gasteiger partial charge in [0.05, 0.1) is 31.5 Å². The van der Waals surface area contributed by atoms with Gasteiger partial charge >= 0.3 is 5.97 Å². The van der Waals surface area contributed by atoms with Crippen molar-refractivity contribution in [2.75, 3.05) is 13.2 Å². The van der Waals surface area contributed by atoms with Crippen LogP contribution in [-0.2, 0) is 23.7 Å². The Morgan fingerprint density at radius 3 is 2.00 bits per heavy atom. The number of allylic oxidation sites excluding steroid dienone is 2. The minimum atomic E-state index is -1.78. The van der Waals surface area contributed by atoms with Crippen molar-refractivity contribution >= 4 is 5.97 Å². The average molecular weight is 813 g/mol. The van der Waals surface area contributed by atoms with Gasteiger partial charge in [0.2, 0.25) is 0 Å². The van der Waals surface area contributed by atoms with Crippen LogP contribution >= 0.6 is 0 Å². The maximum atomic E-state index is 13.1. The quantitative estimate of drug-likeness (QED) is 0.126. The summed E-state index contributed by atoms with van der Waals surface area (Å²) in [7, 11) is 0. The molecule has 20 atom stereocenters. The van der Waals surface area contributed by atoms with Gasteiger partial charge in [-0.2, -0.15) is 0 Å². The molecule has 2 saturated heterocycles. The molecule has 0 aromatic rings. The normalized spacial score (nSPS) is 54.4. The van der Waals surface area contributed by atoms with Gasteiger partial charge in [-0.3, -0.25) is 4.79 Å². The van der Waals surface area contributed by atoms with Crippen LogP contribution in [0.15, 0.2) is 11.6 Å². The van der Waals surface area contributed by atoms with Gasteiger partial charge in [-0.15, -0.1) is 0 Å². The second-order valence-corrected chi connectivity index (χ2v) is 20.9. The molecule has 15 nitrogen and oxygen atoms in total. The maximum absolute atomic E-state index is 13.1. The largest absolute Gasteiger partial charge is 0.481 e. The van der Waals surface area contributed by atoms with E-state index < -0.39 is 115 Å². The lowest BCUT2D eigenvalue weighted by Gasteiger charge is -2.72. The Kier molecular flexibility index (Phi) is 11.3. The van der Waals surface area contributed by atoms with Crippen molar-refractivity contribution < 1.29 is 74.8 Å². The van der Waals surface area contributed by atoms with Crippen molar-refractivity contribution in [1.82, 2.24) is 0 Å². The first-order chi connectivity index (χ1) is 26.4. The van der Waals surface area contributed by atoms with Crippen molar-refractivity contribution in [1.29, 1.82) is 0 Å². The number of aliphatic hydroxyl groups is 9. The second kappa shape index (κ2) is 14.7. The SMILES string of the molecule is CC1(C)CC(O)C2(C(=O)O)CCC3(C)C(=CCC4C5(C)CCC(OC6OC(CO)C(OC7OC(CO)C(O)C(O)C7O)C(O)C6O)C(C)(C)C5C(O)CC43C)C2C1. The number of aliphatic carboxylic acids is 1. The van der Waals surface area contributed by atoms with E-state index in [1.54, 1.807) is 0 Å². The predicted molar refractivity (Wildman–Crippen MR) is 201 cm³/mol. The lowest BCUT2D eigenvalue weighted by Crippen LogP contribution is -2.70. The Labute approximate surface area is 335 Å². The van der Waals surface area contributed by atoms with Crippen molar-refractivity contribution in [3.8, 4) is 0 Å². The fourth-order valence-electron chi connectivity index (χ4n) is 14.1. The molecule has 4 saturated carbocycles. The smallest absolute Gasteiger partial charge is 0.312 e. The van der Waals surface area contributed by atoms with Crippen LogP contribution in [0.1, 0.15) is 99.8 Å². The first kappa shape index (κ1) is 43.8. The average Bonchev–Trinajstić information content (AvgIpc) is 3.11. The molecule has 0 bridgehead atoms. The minimum Gasteiger partial charge on any atom is -0.481 e. The number of hydrogen-bond donors (Lipinski definition) is 10. The third-order valence-corrected chi connectivity index (χ3v) is 17.1. The van der Waals surface area contributed by atoms with Crippen LogP contribution in [0, 0.1) is 50.2 Å². The molecule has 6 fully saturated rings. The predicted octanol–water partition coefficient (Wildman–Crippen LogP) is 0.824. The molecule has 0 aromatic carbocycles. The van der Waals surface area contributed by atoms with Crippen molar-refractivity contribution in [2.45, 2.75) is 180 Å². The molecule has 2 aliphatic heterocycles. The Balaban J connectivity index is 1.11. The van der Waals surface area contributed by atoms with Crippen LogP contribution in [0.5, 0.6) is 0 Å². The number of hydrogen-bond acceptors (Lipinski definition) is 14. The summed E-state index contributed by atoms with van der Waals surface area (Å²) in [4.78, 5) is 13.1. The van der Waals surface area contributed by atoms with Crippen LogP contribution in [0.3, 0.4) is 0 Å².